The third-order valence-electron chi connectivity index (χ3n) is 4.24. The van der Waals surface area contributed by atoms with Gasteiger partial charge in [0.15, 0.2) is 0 Å². The topological polar surface area (TPSA) is 101 Å². The van der Waals surface area contributed by atoms with E-state index in [0.717, 1.165) is 16.9 Å². The van der Waals surface area contributed by atoms with Crippen LogP contribution in [0.25, 0.3) is 0 Å². The van der Waals surface area contributed by atoms with Crippen molar-refractivity contribution < 1.29 is 13.2 Å². The maximum absolute atomic E-state index is 12.9. The first kappa shape index (κ1) is 23.6. The van der Waals surface area contributed by atoms with Gasteiger partial charge in [-0.1, -0.05) is 78.7 Å². The first-order valence-electron chi connectivity index (χ1n) is 9.33. The van der Waals surface area contributed by atoms with Crippen LogP contribution in [-0.2, 0) is 10.0 Å². The predicted molar refractivity (Wildman–Crippen MR) is 123 cm³/mol. The second-order valence-corrected chi connectivity index (χ2v) is 10.9. The molecule has 3 rings (SSSR count). The summed E-state index contributed by atoms with van der Waals surface area (Å²) < 4.78 is 28.3. The summed E-state index contributed by atoms with van der Waals surface area (Å²) in [5.74, 6) is -0.280. The van der Waals surface area contributed by atoms with Crippen molar-refractivity contribution in [3.05, 3.63) is 69.7 Å². The zero-order valence-electron chi connectivity index (χ0n) is 16.7. The zero-order valence-corrected chi connectivity index (χ0v) is 19.8. The lowest BCUT2D eigenvalue weighted by Crippen LogP contribution is -2.29. The molecule has 1 unspecified atom stereocenters. The third-order valence-corrected chi connectivity index (χ3v) is 7.46. The van der Waals surface area contributed by atoms with E-state index in [4.69, 9.17) is 23.2 Å². The van der Waals surface area contributed by atoms with Gasteiger partial charge in [-0.3, -0.25) is 10.1 Å². The Bertz CT molecular complexity index is 1170. The van der Waals surface area contributed by atoms with E-state index in [1.807, 2.05) is 44.2 Å². The SMILES string of the molecule is CC(C)CC(NS(=O)(=O)c1nnc(NC(=O)c2ccc(Cl)cc2Cl)s1)c1ccccc1. The maximum atomic E-state index is 12.9. The maximum Gasteiger partial charge on any atom is 0.270 e. The summed E-state index contributed by atoms with van der Waals surface area (Å²) in [6.07, 6.45) is 0.612. The average molecular weight is 499 g/mol. The van der Waals surface area contributed by atoms with Crippen molar-refractivity contribution in [2.75, 3.05) is 5.32 Å². The van der Waals surface area contributed by atoms with Crippen LogP contribution in [-0.4, -0.2) is 24.5 Å². The van der Waals surface area contributed by atoms with Gasteiger partial charge in [0.25, 0.3) is 15.9 Å². The Balaban J connectivity index is 1.77. The van der Waals surface area contributed by atoms with Crippen LogP contribution < -0.4 is 10.0 Å². The number of hydrogen-bond acceptors (Lipinski definition) is 6. The second-order valence-electron chi connectivity index (χ2n) is 7.17. The summed E-state index contributed by atoms with van der Waals surface area (Å²) in [6, 6.07) is 13.4. The summed E-state index contributed by atoms with van der Waals surface area (Å²) in [4.78, 5) is 12.4. The molecule has 1 heterocycles. The van der Waals surface area contributed by atoms with E-state index in [1.165, 1.54) is 18.2 Å². The minimum atomic E-state index is -3.95. The van der Waals surface area contributed by atoms with E-state index in [2.05, 4.69) is 20.2 Å². The summed E-state index contributed by atoms with van der Waals surface area (Å²) in [5.41, 5.74) is 1.04. The van der Waals surface area contributed by atoms with Gasteiger partial charge in [0.05, 0.1) is 10.6 Å². The van der Waals surface area contributed by atoms with Gasteiger partial charge < -0.3 is 0 Å². The minimum Gasteiger partial charge on any atom is -0.296 e. The molecule has 7 nitrogen and oxygen atoms in total. The number of halogens is 2. The highest BCUT2D eigenvalue weighted by molar-refractivity contribution is 7.91. The smallest absolute Gasteiger partial charge is 0.270 e. The Kier molecular flexibility index (Phi) is 7.66. The van der Waals surface area contributed by atoms with Crippen LogP contribution in [0, 0.1) is 5.92 Å². The molecule has 0 radical (unpaired) electrons. The number of nitrogens with one attached hydrogen (secondary N) is 2. The number of aromatic nitrogens is 2. The molecule has 0 aliphatic rings. The highest BCUT2D eigenvalue weighted by Crippen LogP contribution is 2.27. The molecule has 0 spiro atoms. The van der Waals surface area contributed by atoms with Crippen molar-refractivity contribution in [3.63, 3.8) is 0 Å². The van der Waals surface area contributed by atoms with Gasteiger partial charge >= 0.3 is 0 Å². The summed E-state index contributed by atoms with van der Waals surface area (Å²) in [6.45, 7) is 4.04. The van der Waals surface area contributed by atoms with Gasteiger partial charge in [-0.25, -0.2) is 13.1 Å². The number of nitrogens with zero attached hydrogens (tertiary/aromatic N) is 2. The molecule has 2 N–H and O–H groups in total. The molecule has 31 heavy (non-hydrogen) atoms. The van der Waals surface area contributed by atoms with Gasteiger partial charge in [0.1, 0.15) is 0 Å². The Morgan fingerprint density at radius 3 is 2.45 bits per heavy atom. The number of sulfonamides is 1. The molecule has 2 aromatic carbocycles. The zero-order chi connectivity index (χ0) is 22.6. The number of rotatable bonds is 8. The summed E-state index contributed by atoms with van der Waals surface area (Å²) >= 11 is 12.6. The van der Waals surface area contributed by atoms with Crippen molar-refractivity contribution in [1.82, 2.24) is 14.9 Å². The van der Waals surface area contributed by atoms with Crippen LogP contribution in [0.1, 0.15) is 42.2 Å². The van der Waals surface area contributed by atoms with E-state index in [9.17, 15) is 13.2 Å². The number of carbonyl (C=O) groups is 1. The Labute approximate surface area is 194 Å². The largest absolute Gasteiger partial charge is 0.296 e. The molecule has 164 valence electrons. The number of carbonyl (C=O) groups excluding carboxylic acids is 1. The number of benzene rings is 2. The van der Waals surface area contributed by atoms with Crippen molar-refractivity contribution >= 4 is 55.6 Å². The number of hydrogen-bond donors (Lipinski definition) is 2. The van der Waals surface area contributed by atoms with E-state index in [1.54, 1.807) is 0 Å². The molecule has 1 amide bonds. The van der Waals surface area contributed by atoms with Crippen LogP contribution in [0.15, 0.2) is 52.9 Å². The second kappa shape index (κ2) is 10.1. The summed E-state index contributed by atoms with van der Waals surface area (Å²) in [7, 11) is -3.95. The molecule has 0 aliphatic heterocycles. The lowest BCUT2D eigenvalue weighted by molar-refractivity contribution is 0.102. The first-order valence-corrected chi connectivity index (χ1v) is 12.4. The van der Waals surface area contributed by atoms with Gasteiger partial charge in [0, 0.05) is 11.1 Å². The molecular weight excluding hydrogens is 479 g/mol. The van der Waals surface area contributed by atoms with Gasteiger partial charge in [0.2, 0.25) is 9.47 Å². The Morgan fingerprint density at radius 2 is 1.81 bits per heavy atom. The standard InChI is InChI=1S/C20H20Cl2N4O3S2/c1-12(2)10-17(13-6-4-3-5-7-13)26-31(28,29)20-25-24-19(30-20)23-18(27)15-9-8-14(21)11-16(15)22/h3-9,11-12,17,26H,10H2,1-2H3,(H,23,24,27). The lowest BCUT2D eigenvalue weighted by atomic mass is 9.98. The van der Waals surface area contributed by atoms with Crippen LogP contribution >= 0.6 is 34.5 Å². The van der Waals surface area contributed by atoms with Crippen molar-refractivity contribution in [2.45, 2.75) is 30.6 Å². The molecule has 0 bridgehead atoms. The molecule has 1 aromatic heterocycles. The molecule has 0 saturated carbocycles. The lowest BCUT2D eigenvalue weighted by Gasteiger charge is -2.20. The van der Waals surface area contributed by atoms with E-state index in [-0.39, 0.29) is 26.0 Å². The molecule has 0 aliphatic carbocycles. The molecule has 11 heteroatoms. The highest BCUT2D eigenvalue weighted by atomic mass is 35.5. The van der Waals surface area contributed by atoms with Gasteiger partial charge in [-0.2, -0.15) is 0 Å². The molecule has 1 atom stereocenters. The Morgan fingerprint density at radius 1 is 1.10 bits per heavy atom. The van der Waals surface area contributed by atoms with Crippen LogP contribution in [0.4, 0.5) is 5.13 Å². The highest BCUT2D eigenvalue weighted by Gasteiger charge is 2.26. The Hall–Kier alpha value is -2.04. The number of amides is 1. The van der Waals surface area contributed by atoms with Crippen LogP contribution in [0.2, 0.25) is 10.0 Å². The quantitative estimate of drug-likeness (QED) is 0.417. The molecule has 0 saturated heterocycles. The molecule has 3 aromatic rings. The van der Waals surface area contributed by atoms with Crippen LogP contribution in [0.5, 0.6) is 0 Å². The van der Waals surface area contributed by atoms with Gasteiger partial charge in [-0.05, 0) is 36.1 Å². The van der Waals surface area contributed by atoms with Crippen molar-refractivity contribution in [2.24, 2.45) is 5.92 Å². The minimum absolute atomic E-state index is 0.0384. The van der Waals surface area contributed by atoms with Crippen molar-refractivity contribution in [3.8, 4) is 0 Å². The monoisotopic (exact) mass is 498 g/mol. The number of anilines is 1. The van der Waals surface area contributed by atoms with E-state index < -0.39 is 22.0 Å². The van der Waals surface area contributed by atoms with Crippen molar-refractivity contribution in [1.29, 1.82) is 0 Å². The predicted octanol–water partition coefficient (Wildman–Crippen LogP) is 5.16. The van der Waals surface area contributed by atoms with E-state index in [0.29, 0.717) is 11.4 Å². The first-order chi connectivity index (χ1) is 14.7. The normalized spacial score (nSPS) is 12.7. The third kappa shape index (κ3) is 6.24. The molecule has 0 fully saturated rings. The van der Waals surface area contributed by atoms with E-state index >= 15 is 0 Å². The fourth-order valence-electron chi connectivity index (χ4n) is 2.85. The summed E-state index contributed by atoms with van der Waals surface area (Å²) in [5, 5.41) is 10.6. The van der Waals surface area contributed by atoms with Gasteiger partial charge in [-0.15, -0.1) is 10.2 Å². The fraction of sp³-hybridized carbons (Fsp3) is 0.250. The average Bonchev–Trinajstić information content (AvgIpc) is 3.17. The molecular formula is C20H20Cl2N4O3S2. The fourth-order valence-corrected chi connectivity index (χ4v) is 5.50. The van der Waals surface area contributed by atoms with Crippen LogP contribution in [0.3, 0.4) is 0 Å².